The van der Waals surface area contributed by atoms with Crippen molar-refractivity contribution in [1.29, 1.82) is 0 Å². The van der Waals surface area contributed by atoms with Gasteiger partial charge in [0.2, 0.25) is 0 Å². The van der Waals surface area contributed by atoms with E-state index in [2.05, 4.69) is 5.32 Å². The monoisotopic (exact) mass is 257 g/mol. The molecule has 90 valence electrons. The number of hydrogen-bond donors (Lipinski definition) is 1. The Morgan fingerprint density at radius 3 is 2.53 bits per heavy atom. The first kappa shape index (κ1) is 12.1. The van der Waals surface area contributed by atoms with Crippen molar-refractivity contribution >= 4 is 11.6 Å². The first-order valence-corrected chi connectivity index (χ1v) is 5.37. The van der Waals surface area contributed by atoms with E-state index in [1.807, 2.05) is 0 Å². The van der Waals surface area contributed by atoms with E-state index in [1.165, 1.54) is 12.1 Å². The van der Waals surface area contributed by atoms with Gasteiger partial charge < -0.3 is 9.73 Å². The first-order valence-electron chi connectivity index (χ1n) is 4.99. The van der Waals surface area contributed by atoms with Crippen LogP contribution in [0.15, 0.2) is 34.7 Å². The van der Waals surface area contributed by atoms with Crippen LogP contribution in [-0.4, -0.2) is 7.05 Å². The van der Waals surface area contributed by atoms with Crippen LogP contribution in [0.3, 0.4) is 0 Å². The highest BCUT2D eigenvalue weighted by atomic mass is 35.5. The molecule has 0 saturated heterocycles. The molecule has 1 N–H and O–H groups in total. The van der Waals surface area contributed by atoms with Crippen molar-refractivity contribution in [1.82, 2.24) is 5.32 Å². The summed E-state index contributed by atoms with van der Waals surface area (Å²) in [5, 5.41) is 3.12. The molecule has 0 fully saturated rings. The van der Waals surface area contributed by atoms with E-state index in [-0.39, 0.29) is 5.22 Å². The van der Waals surface area contributed by atoms with Gasteiger partial charge in [-0.15, -0.1) is 0 Å². The van der Waals surface area contributed by atoms with E-state index < -0.39 is 17.7 Å². The molecule has 0 aliphatic carbocycles. The van der Waals surface area contributed by atoms with Gasteiger partial charge in [0.25, 0.3) is 0 Å². The number of rotatable bonds is 3. The summed E-state index contributed by atoms with van der Waals surface area (Å²) in [6.07, 6.45) is 0. The van der Waals surface area contributed by atoms with Crippen LogP contribution in [0.4, 0.5) is 8.78 Å². The van der Waals surface area contributed by atoms with Gasteiger partial charge in [-0.3, -0.25) is 0 Å². The summed E-state index contributed by atoms with van der Waals surface area (Å²) in [7, 11) is 1.66. The second-order valence-corrected chi connectivity index (χ2v) is 3.90. The number of halogens is 3. The molecule has 0 radical (unpaired) electrons. The highest BCUT2D eigenvalue weighted by Crippen LogP contribution is 2.27. The van der Waals surface area contributed by atoms with Gasteiger partial charge in [-0.05, 0) is 36.8 Å². The molecule has 0 saturated carbocycles. The summed E-state index contributed by atoms with van der Waals surface area (Å²) in [5.74, 6) is -0.765. The Bertz CT molecular complexity index is 527. The molecule has 0 spiro atoms. The molecule has 1 atom stereocenters. The van der Waals surface area contributed by atoms with E-state index in [0.29, 0.717) is 11.3 Å². The van der Waals surface area contributed by atoms with Crippen LogP contribution < -0.4 is 5.32 Å². The average molecular weight is 258 g/mol. The fraction of sp³-hybridized carbons (Fsp3) is 0.167. The molecule has 0 bridgehead atoms. The second-order valence-electron chi connectivity index (χ2n) is 3.53. The molecule has 1 aromatic carbocycles. The summed E-state index contributed by atoms with van der Waals surface area (Å²) in [6.45, 7) is 0. The van der Waals surface area contributed by atoms with Crippen molar-refractivity contribution in [3.8, 4) is 0 Å². The maximum Gasteiger partial charge on any atom is 0.193 e. The molecular formula is C12H10ClF2NO. The summed E-state index contributed by atoms with van der Waals surface area (Å²) in [4.78, 5) is 0. The van der Waals surface area contributed by atoms with Gasteiger partial charge in [-0.25, -0.2) is 8.78 Å². The fourth-order valence-corrected chi connectivity index (χ4v) is 1.82. The molecule has 2 aromatic rings. The summed E-state index contributed by atoms with van der Waals surface area (Å²) in [5.41, 5.74) is 0.305. The van der Waals surface area contributed by atoms with Gasteiger partial charge >= 0.3 is 0 Å². The summed E-state index contributed by atoms with van der Waals surface area (Å²) in [6, 6.07) is 6.14. The van der Waals surface area contributed by atoms with Crippen LogP contribution in [0.1, 0.15) is 17.4 Å². The van der Waals surface area contributed by atoms with Gasteiger partial charge in [0.05, 0.1) is 6.04 Å². The highest BCUT2D eigenvalue weighted by molar-refractivity contribution is 6.28. The minimum absolute atomic E-state index is 0.225. The largest absolute Gasteiger partial charge is 0.448 e. The zero-order chi connectivity index (χ0) is 12.4. The number of hydrogen-bond acceptors (Lipinski definition) is 2. The number of benzene rings is 1. The molecule has 5 heteroatoms. The maximum atomic E-state index is 13.6. The smallest absolute Gasteiger partial charge is 0.193 e. The molecule has 0 aliphatic heterocycles. The molecule has 1 heterocycles. The predicted molar refractivity (Wildman–Crippen MR) is 61.0 cm³/mol. The summed E-state index contributed by atoms with van der Waals surface area (Å²) >= 11 is 5.67. The predicted octanol–water partition coefficient (Wildman–Crippen LogP) is 3.52. The molecule has 1 aromatic heterocycles. The Morgan fingerprint density at radius 2 is 2.00 bits per heavy atom. The van der Waals surface area contributed by atoms with Crippen LogP contribution in [0.25, 0.3) is 0 Å². The summed E-state index contributed by atoms with van der Waals surface area (Å²) < 4.78 is 31.7. The van der Waals surface area contributed by atoms with Gasteiger partial charge in [-0.1, -0.05) is 6.07 Å². The lowest BCUT2D eigenvalue weighted by atomic mass is 10.0. The first-order chi connectivity index (χ1) is 8.11. The van der Waals surface area contributed by atoms with Gasteiger partial charge in [0.15, 0.2) is 5.22 Å². The fourth-order valence-electron chi connectivity index (χ4n) is 1.67. The molecule has 17 heavy (non-hydrogen) atoms. The Labute approximate surface area is 102 Å². The van der Waals surface area contributed by atoms with E-state index in [9.17, 15) is 8.78 Å². The topological polar surface area (TPSA) is 25.2 Å². The lowest BCUT2D eigenvalue weighted by molar-refractivity contribution is 0.452. The Morgan fingerprint density at radius 1 is 1.24 bits per heavy atom. The average Bonchev–Trinajstić information content (AvgIpc) is 2.69. The van der Waals surface area contributed by atoms with E-state index in [1.54, 1.807) is 19.2 Å². The van der Waals surface area contributed by atoms with Crippen molar-refractivity contribution in [2.75, 3.05) is 7.05 Å². The third-order valence-corrected chi connectivity index (χ3v) is 2.64. The SMILES string of the molecule is CNC(c1ccc(Cl)o1)c1ccc(F)cc1F. The zero-order valence-electron chi connectivity index (χ0n) is 9.01. The van der Waals surface area contributed by atoms with Crippen LogP contribution in [-0.2, 0) is 0 Å². The minimum atomic E-state index is -0.628. The zero-order valence-corrected chi connectivity index (χ0v) is 9.76. The van der Waals surface area contributed by atoms with E-state index in [4.69, 9.17) is 16.0 Å². The third-order valence-electron chi connectivity index (χ3n) is 2.44. The molecule has 0 amide bonds. The maximum absolute atomic E-state index is 13.6. The van der Waals surface area contributed by atoms with Crippen LogP contribution in [0, 0.1) is 11.6 Å². The van der Waals surface area contributed by atoms with Crippen LogP contribution in [0.5, 0.6) is 0 Å². The second kappa shape index (κ2) is 4.85. The van der Waals surface area contributed by atoms with Gasteiger partial charge in [0, 0.05) is 11.6 Å². The number of furan rings is 1. The molecule has 1 unspecified atom stereocenters. The minimum Gasteiger partial charge on any atom is -0.448 e. The molecule has 0 aliphatic rings. The third kappa shape index (κ3) is 2.48. The van der Waals surface area contributed by atoms with Crippen LogP contribution >= 0.6 is 11.6 Å². The van der Waals surface area contributed by atoms with Gasteiger partial charge in [0.1, 0.15) is 17.4 Å². The quantitative estimate of drug-likeness (QED) is 0.910. The van der Waals surface area contributed by atoms with Crippen molar-refractivity contribution in [3.05, 3.63) is 58.5 Å². The molecule has 2 rings (SSSR count). The highest BCUT2D eigenvalue weighted by Gasteiger charge is 2.19. The standard InChI is InChI=1S/C12H10ClF2NO/c1-16-12(10-4-5-11(13)17-10)8-3-2-7(14)6-9(8)15/h2-6,12,16H,1H3. The van der Waals surface area contributed by atoms with Crippen molar-refractivity contribution in [2.24, 2.45) is 0 Å². The lowest BCUT2D eigenvalue weighted by Gasteiger charge is -2.14. The number of nitrogens with one attached hydrogen (secondary N) is 1. The van der Waals surface area contributed by atoms with Gasteiger partial charge in [-0.2, -0.15) is 0 Å². The van der Waals surface area contributed by atoms with Crippen molar-refractivity contribution in [3.63, 3.8) is 0 Å². The molecular weight excluding hydrogens is 248 g/mol. The Kier molecular flexibility index (Phi) is 3.45. The Hall–Kier alpha value is -1.39. The van der Waals surface area contributed by atoms with Crippen molar-refractivity contribution in [2.45, 2.75) is 6.04 Å². The molecule has 2 nitrogen and oxygen atoms in total. The van der Waals surface area contributed by atoms with E-state index >= 15 is 0 Å². The van der Waals surface area contributed by atoms with Crippen LogP contribution in [0.2, 0.25) is 5.22 Å². The normalized spacial score (nSPS) is 12.7. The lowest BCUT2D eigenvalue weighted by Crippen LogP contribution is -2.18. The van der Waals surface area contributed by atoms with Crippen molar-refractivity contribution < 1.29 is 13.2 Å². The van der Waals surface area contributed by atoms with E-state index in [0.717, 1.165) is 6.07 Å². The Balaban J connectivity index is 2.42.